The van der Waals surface area contributed by atoms with Gasteiger partial charge in [-0.3, -0.25) is 0 Å². The van der Waals surface area contributed by atoms with Crippen LogP contribution in [0.3, 0.4) is 0 Å². The van der Waals surface area contributed by atoms with Crippen molar-refractivity contribution in [2.75, 3.05) is 13.2 Å². The second-order valence-electron chi connectivity index (χ2n) is 3.01. The van der Waals surface area contributed by atoms with Gasteiger partial charge in [0, 0.05) is 12.5 Å². The van der Waals surface area contributed by atoms with Gasteiger partial charge in [0.2, 0.25) is 0 Å². The van der Waals surface area contributed by atoms with Crippen LogP contribution in [0, 0.1) is 5.92 Å². The molecule has 1 fully saturated rings. The number of carboxylic acids is 1. The van der Waals surface area contributed by atoms with Crippen LogP contribution in [0.2, 0.25) is 0 Å². The van der Waals surface area contributed by atoms with Gasteiger partial charge in [-0.1, -0.05) is 0 Å². The molecular formula is C7H12O4. The van der Waals surface area contributed by atoms with E-state index in [0.717, 1.165) is 0 Å². The van der Waals surface area contributed by atoms with Crippen LogP contribution < -0.4 is 0 Å². The first kappa shape index (κ1) is 8.49. The molecule has 1 saturated heterocycles. The molecule has 0 spiro atoms. The molecule has 2 N–H and O–H groups in total. The Hall–Kier alpha value is -0.610. The molecule has 11 heavy (non-hydrogen) atoms. The number of hydrogen-bond acceptors (Lipinski definition) is 3. The topological polar surface area (TPSA) is 66.8 Å². The highest BCUT2D eigenvalue weighted by molar-refractivity contribution is 5.77. The highest BCUT2D eigenvalue weighted by atomic mass is 16.5. The van der Waals surface area contributed by atoms with Gasteiger partial charge in [-0.2, -0.15) is 0 Å². The molecule has 64 valence electrons. The molecular weight excluding hydrogens is 148 g/mol. The first-order valence-corrected chi connectivity index (χ1v) is 3.58. The minimum absolute atomic E-state index is 0.264. The van der Waals surface area contributed by atoms with Crippen molar-refractivity contribution in [1.29, 1.82) is 0 Å². The fraction of sp³-hybridized carbons (Fsp3) is 0.857. The Morgan fingerprint density at radius 2 is 2.36 bits per heavy atom. The molecule has 0 aromatic heterocycles. The number of carboxylic acid groups (broad SMARTS) is 1. The zero-order valence-corrected chi connectivity index (χ0v) is 6.41. The van der Waals surface area contributed by atoms with E-state index in [1.54, 1.807) is 0 Å². The summed E-state index contributed by atoms with van der Waals surface area (Å²) in [7, 11) is 0. The minimum atomic E-state index is -1.63. The SMILES string of the molecule is C[C@@](O)(C(=O)O)[C@H]1CCOC1. The van der Waals surface area contributed by atoms with E-state index in [2.05, 4.69) is 0 Å². The van der Waals surface area contributed by atoms with Crippen LogP contribution in [0.4, 0.5) is 0 Å². The maximum Gasteiger partial charge on any atom is 0.335 e. The largest absolute Gasteiger partial charge is 0.479 e. The smallest absolute Gasteiger partial charge is 0.335 e. The summed E-state index contributed by atoms with van der Waals surface area (Å²) in [6, 6.07) is 0. The van der Waals surface area contributed by atoms with Gasteiger partial charge < -0.3 is 14.9 Å². The molecule has 0 bridgehead atoms. The van der Waals surface area contributed by atoms with Crippen LogP contribution in [0.25, 0.3) is 0 Å². The molecule has 0 radical (unpaired) electrons. The number of hydrogen-bond donors (Lipinski definition) is 2. The lowest BCUT2D eigenvalue weighted by Crippen LogP contribution is -2.43. The molecule has 2 atom stereocenters. The minimum Gasteiger partial charge on any atom is -0.479 e. The Bertz CT molecular complexity index is 158. The normalized spacial score (nSPS) is 29.8. The number of ether oxygens (including phenoxy) is 1. The van der Waals surface area contributed by atoms with Crippen molar-refractivity contribution in [3.8, 4) is 0 Å². The quantitative estimate of drug-likeness (QED) is 0.590. The Morgan fingerprint density at radius 3 is 2.73 bits per heavy atom. The second-order valence-corrected chi connectivity index (χ2v) is 3.01. The standard InChI is InChI=1S/C7H12O4/c1-7(10,6(8)9)5-2-3-11-4-5/h5,10H,2-4H2,1H3,(H,8,9)/t5-,7-/m0/s1. The van der Waals surface area contributed by atoms with E-state index in [1.807, 2.05) is 0 Å². The zero-order valence-electron chi connectivity index (χ0n) is 6.41. The third-order valence-electron chi connectivity index (χ3n) is 2.16. The molecule has 0 aromatic rings. The van der Waals surface area contributed by atoms with Gasteiger partial charge in [-0.05, 0) is 13.3 Å². The molecule has 0 aliphatic carbocycles. The lowest BCUT2D eigenvalue weighted by molar-refractivity contribution is -0.162. The molecule has 4 heteroatoms. The molecule has 1 heterocycles. The molecule has 0 aromatic carbocycles. The van der Waals surface area contributed by atoms with E-state index in [9.17, 15) is 9.90 Å². The predicted octanol–water partition coefficient (Wildman–Crippen LogP) is -0.141. The molecule has 0 amide bonds. The van der Waals surface area contributed by atoms with Gasteiger partial charge in [0.15, 0.2) is 5.60 Å². The lowest BCUT2D eigenvalue weighted by atomic mass is 9.89. The van der Waals surface area contributed by atoms with Crippen LogP contribution in [-0.2, 0) is 9.53 Å². The number of aliphatic carboxylic acids is 1. The Morgan fingerprint density at radius 1 is 1.73 bits per heavy atom. The Kier molecular flexibility index (Phi) is 2.15. The summed E-state index contributed by atoms with van der Waals surface area (Å²) in [5.74, 6) is -1.44. The summed E-state index contributed by atoms with van der Waals surface area (Å²) >= 11 is 0. The van der Waals surface area contributed by atoms with Crippen LogP contribution >= 0.6 is 0 Å². The highest BCUT2D eigenvalue weighted by Gasteiger charge is 2.41. The third kappa shape index (κ3) is 1.52. The third-order valence-corrected chi connectivity index (χ3v) is 2.16. The van der Waals surface area contributed by atoms with Crippen molar-refractivity contribution >= 4 is 5.97 Å². The summed E-state index contributed by atoms with van der Waals surface area (Å²) in [4.78, 5) is 10.5. The Balaban J connectivity index is 2.62. The lowest BCUT2D eigenvalue weighted by Gasteiger charge is -2.23. The van der Waals surface area contributed by atoms with Crippen LogP contribution in [0.1, 0.15) is 13.3 Å². The van der Waals surface area contributed by atoms with Crippen LogP contribution in [0.15, 0.2) is 0 Å². The molecule has 1 aliphatic heterocycles. The number of carbonyl (C=O) groups is 1. The van der Waals surface area contributed by atoms with Crippen molar-refractivity contribution in [2.24, 2.45) is 5.92 Å². The maximum absolute atomic E-state index is 10.5. The molecule has 0 unspecified atom stereocenters. The number of rotatable bonds is 2. The van der Waals surface area contributed by atoms with Crippen molar-refractivity contribution in [3.63, 3.8) is 0 Å². The fourth-order valence-electron chi connectivity index (χ4n) is 1.15. The van der Waals surface area contributed by atoms with Gasteiger partial charge in [-0.25, -0.2) is 4.79 Å². The summed E-state index contributed by atoms with van der Waals surface area (Å²) in [5, 5.41) is 18.0. The van der Waals surface area contributed by atoms with Gasteiger partial charge in [0.25, 0.3) is 0 Å². The van der Waals surface area contributed by atoms with E-state index in [0.29, 0.717) is 19.6 Å². The molecule has 1 aliphatic rings. The van der Waals surface area contributed by atoms with Crippen molar-refractivity contribution in [1.82, 2.24) is 0 Å². The van der Waals surface area contributed by atoms with Crippen LogP contribution in [-0.4, -0.2) is 35.0 Å². The van der Waals surface area contributed by atoms with Gasteiger partial charge in [0.1, 0.15) is 0 Å². The fourth-order valence-corrected chi connectivity index (χ4v) is 1.15. The second kappa shape index (κ2) is 2.79. The van der Waals surface area contributed by atoms with Crippen molar-refractivity contribution in [3.05, 3.63) is 0 Å². The van der Waals surface area contributed by atoms with Crippen LogP contribution in [0.5, 0.6) is 0 Å². The first-order chi connectivity index (χ1) is 5.05. The molecule has 4 nitrogen and oxygen atoms in total. The zero-order chi connectivity index (χ0) is 8.48. The monoisotopic (exact) mass is 160 g/mol. The van der Waals surface area contributed by atoms with E-state index in [4.69, 9.17) is 9.84 Å². The molecule has 0 saturated carbocycles. The highest BCUT2D eigenvalue weighted by Crippen LogP contribution is 2.25. The number of aliphatic hydroxyl groups is 1. The van der Waals surface area contributed by atoms with Crippen molar-refractivity contribution < 1.29 is 19.7 Å². The van der Waals surface area contributed by atoms with Gasteiger partial charge in [-0.15, -0.1) is 0 Å². The van der Waals surface area contributed by atoms with E-state index >= 15 is 0 Å². The van der Waals surface area contributed by atoms with Gasteiger partial charge in [0.05, 0.1) is 6.61 Å². The van der Waals surface area contributed by atoms with E-state index in [-0.39, 0.29) is 5.92 Å². The Labute approximate surface area is 64.8 Å². The predicted molar refractivity (Wildman–Crippen MR) is 37.2 cm³/mol. The van der Waals surface area contributed by atoms with Crippen molar-refractivity contribution in [2.45, 2.75) is 18.9 Å². The van der Waals surface area contributed by atoms with Gasteiger partial charge >= 0.3 is 5.97 Å². The average molecular weight is 160 g/mol. The summed E-state index contributed by atoms with van der Waals surface area (Å²) in [6.07, 6.45) is 0.624. The summed E-state index contributed by atoms with van der Waals surface area (Å²) in [6.45, 7) is 2.21. The maximum atomic E-state index is 10.5. The van der Waals surface area contributed by atoms with E-state index < -0.39 is 11.6 Å². The summed E-state index contributed by atoms with van der Waals surface area (Å²) in [5.41, 5.74) is -1.63. The average Bonchev–Trinajstić information content (AvgIpc) is 2.37. The first-order valence-electron chi connectivity index (χ1n) is 3.58. The van der Waals surface area contributed by atoms with E-state index in [1.165, 1.54) is 6.92 Å². The summed E-state index contributed by atoms with van der Waals surface area (Å²) < 4.78 is 4.97. The molecule has 1 rings (SSSR count).